The molecule has 2 rings (SSSR count). The zero-order chi connectivity index (χ0) is 18.4. The summed E-state index contributed by atoms with van der Waals surface area (Å²) < 4.78 is 0. The van der Waals surface area contributed by atoms with Crippen LogP contribution in [0.15, 0.2) is 0 Å². The Hall–Kier alpha value is -1.06. The molecule has 2 amide bonds. The molecule has 2 N–H and O–H groups in total. The third-order valence-electron chi connectivity index (χ3n) is 6.09. The fourth-order valence-electron chi connectivity index (χ4n) is 4.22. The molecule has 4 nitrogen and oxygen atoms in total. The number of rotatable bonds is 6. The normalized spacial score (nSPS) is 31.4. The predicted octanol–water partition coefficient (Wildman–Crippen LogP) is 4.04. The monoisotopic (exact) mass is 350 g/mol. The molecule has 2 saturated carbocycles. The lowest BCUT2D eigenvalue weighted by Gasteiger charge is -2.30. The first-order valence-electron chi connectivity index (χ1n) is 10.5. The molecule has 0 heterocycles. The summed E-state index contributed by atoms with van der Waals surface area (Å²) in [5.41, 5.74) is 0. The fraction of sp³-hybridized carbons (Fsp3) is 0.905. The van der Waals surface area contributed by atoms with Gasteiger partial charge < -0.3 is 10.6 Å². The van der Waals surface area contributed by atoms with Crippen LogP contribution in [0.25, 0.3) is 0 Å². The Labute approximate surface area is 153 Å². The van der Waals surface area contributed by atoms with Crippen LogP contribution in [-0.4, -0.2) is 23.9 Å². The van der Waals surface area contributed by atoms with Gasteiger partial charge in [-0.1, -0.05) is 27.7 Å². The van der Waals surface area contributed by atoms with Gasteiger partial charge in [0.25, 0.3) is 0 Å². The smallest absolute Gasteiger partial charge is 0.242 e. The van der Waals surface area contributed by atoms with E-state index in [9.17, 15) is 9.59 Å². The SMILES string of the molecule is CC(C)C[C@@H](NC(=O)C1CCC(C)CC1)C(=O)NC1CCC(C)CC1. The molecule has 2 fully saturated rings. The molecule has 0 bridgehead atoms. The van der Waals surface area contributed by atoms with Crippen molar-refractivity contribution < 1.29 is 9.59 Å². The molecule has 25 heavy (non-hydrogen) atoms. The van der Waals surface area contributed by atoms with Crippen LogP contribution in [0, 0.1) is 23.7 Å². The van der Waals surface area contributed by atoms with E-state index in [1.807, 2.05) is 0 Å². The summed E-state index contributed by atoms with van der Waals surface area (Å²) in [5, 5.41) is 6.29. The molecule has 0 saturated heterocycles. The first-order chi connectivity index (χ1) is 11.8. The highest BCUT2D eigenvalue weighted by Gasteiger charge is 2.30. The number of nitrogens with one attached hydrogen (secondary N) is 2. The van der Waals surface area contributed by atoms with Crippen molar-refractivity contribution in [3.63, 3.8) is 0 Å². The van der Waals surface area contributed by atoms with E-state index in [1.54, 1.807) is 0 Å². The minimum Gasteiger partial charge on any atom is -0.352 e. The first-order valence-corrected chi connectivity index (χ1v) is 10.5. The molecule has 0 aromatic heterocycles. The number of carbonyl (C=O) groups excluding carboxylic acids is 2. The molecule has 0 spiro atoms. The van der Waals surface area contributed by atoms with Gasteiger partial charge in [-0.05, 0) is 75.5 Å². The van der Waals surface area contributed by atoms with Crippen molar-refractivity contribution in [1.82, 2.24) is 10.6 Å². The summed E-state index contributed by atoms with van der Waals surface area (Å²) in [6.45, 7) is 8.76. The number of hydrogen-bond acceptors (Lipinski definition) is 2. The van der Waals surface area contributed by atoms with Gasteiger partial charge in [-0.25, -0.2) is 0 Å². The summed E-state index contributed by atoms with van der Waals surface area (Å²) >= 11 is 0. The largest absolute Gasteiger partial charge is 0.352 e. The Bertz CT molecular complexity index is 433. The number of amides is 2. The molecule has 0 radical (unpaired) electrons. The molecule has 0 unspecified atom stereocenters. The average Bonchev–Trinajstić information content (AvgIpc) is 2.56. The lowest BCUT2D eigenvalue weighted by molar-refractivity contribution is -0.132. The van der Waals surface area contributed by atoms with Crippen molar-refractivity contribution >= 4 is 11.8 Å². The van der Waals surface area contributed by atoms with Gasteiger partial charge in [-0.3, -0.25) is 9.59 Å². The van der Waals surface area contributed by atoms with E-state index in [1.165, 1.54) is 12.8 Å². The van der Waals surface area contributed by atoms with E-state index >= 15 is 0 Å². The maximum absolute atomic E-state index is 12.8. The van der Waals surface area contributed by atoms with E-state index in [0.29, 0.717) is 12.3 Å². The van der Waals surface area contributed by atoms with Crippen LogP contribution in [0.4, 0.5) is 0 Å². The highest BCUT2D eigenvalue weighted by molar-refractivity contribution is 5.88. The molecule has 2 aliphatic carbocycles. The number of hydrogen-bond donors (Lipinski definition) is 2. The van der Waals surface area contributed by atoms with Crippen LogP contribution in [0.1, 0.15) is 85.5 Å². The Balaban J connectivity index is 1.88. The average molecular weight is 351 g/mol. The zero-order valence-electron chi connectivity index (χ0n) is 16.6. The van der Waals surface area contributed by atoms with E-state index in [0.717, 1.165) is 50.4 Å². The molecule has 1 atom stereocenters. The summed E-state index contributed by atoms with van der Waals surface area (Å²) in [7, 11) is 0. The molecular weight excluding hydrogens is 312 g/mol. The van der Waals surface area contributed by atoms with E-state index in [4.69, 9.17) is 0 Å². The lowest BCUT2D eigenvalue weighted by atomic mass is 9.82. The molecule has 0 aromatic rings. The van der Waals surface area contributed by atoms with Crippen molar-refractivity contribution in [3.8, 4) is 0 Å². The van der Waals surface area contributed by atoms with Gasteiger partial charge in [0.1, 0.15) is 6.04 Å². The van der Waals surface area contributed by atoms with Crippen LogP contribution >= 0.6 is 0 Å². The van der Waals surface area contributed by atoms with Crippen molar-refractivity contribution in [1.29, 1.82) is 0 Å². The predicted molar refractivity (Wildman–Crippen MR) is 102 cm³/mol. The lowest BCUT2D eigenvalue weighted by Crippen LogP contribution is -2.52. The van der Waals surface area contributed by atoms with Crippen LogP contribution in [0.3, 0.4) is 0 Å². The second kappa shape index (κ2) is 9.59. The quantitative estimate of drug-likeness (QED) is 0.759. The van der Waals surface area contributed by atoms with Gasteiger partial charge in [0.05, 0.1) is 0 Å². The summed E-state index contributed by atoms with van der Waals surface area (Å²) in [6, 6.07) is -0.100. The zero-order valence-corrected chi connectivity index (χ0v) is 16.6. The van der Waals surface area contributed by atoms with Crippen LogP contribution in [0.2, 0.25) is 0 Å². The summed E-state index contributed by atoms with van der Waals surface area (Å²) in [4.78, 5) is 25.4. The van der Waals surface area contributed by atoms with Crippen molar-refractivity contribution in [3.05, 3.63) is 0 Å². The third-order valence-corrected chi connectivity index (χ3v) is 6.09. The standard InChI is InChI=1S/C21H38N2O2/c1-14(2)13-19(21(25)22-18-11-7-16(4)8-12-18)23-20(24)17-9-5-15(3)6-10-17/h14-19H,5-13H2,1-4H3,(H,22,25)(H,23,24)/t15?,16?,17?,18?,19-/m1/s1. The first kappa shape index (κ1) is 20.3. The van der Waals surface area contributed by atoms with Gasteiger partial charge >= 0.3 is 0 Å². The molecule has 0 aromatic carbocycles. The van der Waals surface area contributed by atoms with Crippen molar-refractivity contribution in [2.45, 2.75) is 97.6 Å². The minimum absolute atomic E-state index is 0.0192. The van der Waals surface area contributed by atoms with Gasteiger partial charge in [0.2, 0.25) is 11.8 Å². The summed E-state index contributed by atoms with van der Waals surface area (Å²) in [6.07, 6.45) is 9.39. The van der Waals surface area contributed by atoms with Crippen molar-refractivity contribution in [2.75, 3.05) is 0 Å². The number of carbonyl (C=O) groups is 2. The van der Waals surface area contributed by atoms with Crippen LogP contribution in [0.5, 0.6) is 0 Å². The van der Waals surface area contributed by atoms with E-state index in [-0.39, 0.29) is 29.8 Å². The third kappa shape index (κ3) is 6.63. The van der Waals surface area contributed by atoms with Crippen LogP contribution in [-0.2, 0) is 9.59 Å². The minimum atomic E-state index is -0.383. The highest BCUT2D eigenvalue weighted by Crippen LogP contribution is 2.28. The second-order valence-electron chi connectivity index (χ2n) is 9.11. The Morgan fingerprint density at radius 1 is 0.880 bits per heavy atom. The van der Waals surface area contributed by atoms with Gasteiger partial charge in [-0.15, -0.1) is 0 Å². The van der Waals surface area contributed by atoms with E-state index < -0.39 is 0 Å². The summed E-state index contributed by atoms with van der Waals surface area (Å²) in [5.74, 6) is 2.08. The van der Waals surface area contributed by atoms with Gasteiger partial charge in [0, 0.05) is 12.0 Å². The van der Waals surface area contributed by atoms with Gasteiger partial charge in [0.15, 0.2) is 0 Å². The van der Waals surface area contributed by atoms with E-state index in [2.05, 4.69) is 38.3 Å². The fourth-order valence-corrected chi connectivity index (χ4v) is 4.22. The molecule has 4 heteroatoms. The maximum Gasteiger partial charge on any atom is 0.242 e. The Morgan fingerprint density at radius 3 is 1.92 bits per heavy atom. The molecule has 2 aliphatic rings. The maximum atomic E-state index is 12.8. The van der Waals surface area contributed by atoms with Crippen molar-refractivity contribution in [2.24, 2.45) is 23.7 Å². The molecule has 144 valence electrons. The van der Waals surface area contributed by atoms with Crippen LogP contribution < -0.4 is 10.6 Å². The van der Waals surface area contributed by atoms with Gasteiger partial charge in [-0.2, -0.15) is 0 Å². The Kier molecular flexibility index (Phi) is 7.77. The Morgan fingerprint density at radius 2 is 1.40 bits per heavy atom. The molecular formula is C21H38N2O2. The second-order valence-corrected chi connectivity index (χ2v) is 9.11. The molecule has 0 aliphatic heterocycles. The highest BCUT2D eigenvalue weighted by atomic mass is 16.2. The topological polar surface area (TPSA) is 58.2 Å².